The van der Waals surface area contributed by atoms with Crippen LogP contribution in [0, 0.1) is 6.92 Å². The number of hydrogen-bond acceptors (Lipinski definition) is 6. The van der Waals surface area contributed by atoms with Crippen LogP contribution >= 0.6 is 0 Å². The minimum absolute atomic E-state index is 0.0348. The van der Waals surface area contributed by atoms with Crippen LogP contribution in [0.5, 0.6) is 0 Å². The van der Waals surface area contributed by atoms with Crippen molar-refractivity contribution in [2.24, 2.45) is 0 Å². The first-order valence-corrected chi connectivity index (χ1v) is 7.87. The van der Waals surface area contributed by atoms with Gasteiger partial charge in [-0.15, -0.1) is 0 Å². The van der Waals surface area contributed by atoms with Gasteiger partial charge in [0.1, 0.15) is 11.8 Å². The van der Waals surface area contributed by atoms with E-state index in [9.17, 15) is 13.2 Å². The van der Waals surface area contributed by atoms with Crippen LogP contribution in [0.25, 0.3) is 11.2 Å². The molecular formula is C13H11N5O4S. The normalized spacial score (nSPS) is 11.5. The molecule has 0 atom stereocenters. The number of aromatic amines is 1. The van der Waals surface area contributed by atoms with E-state index in [1.54, 1.807) is 6.92 Å². The van der Waals surface area contributed by atoms with Crippen LogP contribution in [0.3, 0.4) is 0 Å². The molecule has 10 heteroatoms. The van der Waals surface area contributed by atoms with Gasteiger partial charge in [-0.2, -0.15) is 0 Å². The third kappa shape index (κ3) is 2.71. The lowest BCUT2D eigenvalue weighted by atomic mass is 10.1. The number of imidazole rings is 1. The molecule has 0 fully saturated rings. The summed E-state index contributed by atoms with van der Waals surface area (Å²) >= 11 is 0. The number of fused-ring (bicyclic) bond motifs is 1. The summed E-state index contributed by atoms with van der Waals surface area (Å²) < 4.78 is 27.5. The molecule has 2 heterocycles. The summed E-state index contributed by atoms with van der Waals surface area (Å²) in [6.07, 6.45) is 2.55. The average Bonchev–Trinajstić information content (AvgIpc) is 2.96. The summed E-state index contributed by atoms with van der Waals surface area (Å²) in [4.78, 5) is 25.4. The minimum Gasteiger partial charge on any atom is -0.478 e. The van der Waals surface area contributed by atoms with Gasteiger partial charge in [0.15, 0.2) is 11.5 Å². The average molecular weight is 333 g/mol. The number of nitrogens with zero attached hydrogens (tertiary/aromatic N) is 3. The Kier molecular flexibility index (Phi) is 3.45. The highest BCUT2D eigenvalue weighted by molar-refractivity contribution is 7.92. The molecule has 0 unspecified atom stereocenters. The van der Waals surface area contributed by atoms with E-state index in [0.29, 0.717) is 16.7 Å². The molecule has 2 aromatic heterocycles. The Morgan fingerprint density at radius 2 is 2.04 bits per heavy atom. The molecule has 0 saturated carbocycles. The molecule has 0 spiro atoms. The number of H-pyrrole nitrogens is 1. The Labute approximate surface area is 130 Å². The van der Waals surface area contributed by atoms with Crippen LogP contribution in [0.4, 0.5) is 5.82 Å². The van der Waals surface area contributed by atoms with E-state index in [2.05, 4.69) is 24.7 Å². The predicted molar refractivity (Wildman–Crippen MR) is 80.6 cm³/mol. The maximum Gasteiger partial charge on any atom is 0.335 e. The van der Waals surface area contributed by atoms with Crippen molar-refractivity contribution in [2.45, 2.75) is 11.8 Å². The fraction of sp³-hybridized carbons (Fsp3) is 0.0769. The van der Waals surface area contributed by atoms with Crippen molar-refractivity contribution in [2.75, 3.05) is 4.72 Å². The Bertz CT molecular complexity index is 1010. The topological polar surface area (TPSA) is 138 Å². The van der Waals surface area contributed by atoms with Gasteiger partial charge in [0.2, 0.25) is 0 Å². The van der Waals surface area contributed by atoms with Crippen molar-refractivity contribution in [3.63, 3.8) is 0 Å². The van der Waals surface area contributed by atoms with Gasteiger partial charge in [-0.25, -0.2) is 28.2 Å². The van der Waals surface area contributed by atoms with E-state index < -0.39 is 16.0 Å². The molecule has 0 aliphatic carbocycles. The van der Waals surface area contributed by atoms with Gasteiger partial charge < -0.3 is 10.1 Å². The van der Waals surface area contributed by atoms with E-state index in [0.717, 1.165) is 6.07 Å². The maximum atomic E-state index is 12.6. The highest BCUT2D eigenvalue weighted by Crippen LogP contribution is 2.22. The molecule has 3 N–H and O–H groups in total. The van der Waals surface area contributed by atoms with E-state index in [1.807, 2.05) is 0 Å². The molecule has 0 amide bonds. The van der Waals surface area contributed by atoms with Gasteiger partial charge in [0.25, 0.3) is 10.0 Å². The minimum atomic E-state index is -4.02. The second-order valence-electron chi connectivity index (χ2n) is 4.71. The van der Waals surface area contributed by atoms with Crippen molar-refractivity contribution in [3.8, 4) is 0 Å². The van der Waals surface area contributed by atoms with Gasteiger partial charge in [-0.05, 0) is 24.6 Å². The van der Waals surface area contributed by atoms with Crippen molar-refractivity contribution >= 4 is 33.0 Å². The highest BCUT2D eigenvalue weighted by Gasteiger charge is 2.21. The van der Waals surface area contributed by atoms with Crippen molar-refractivity contribution in [3.05, 3.63) is 42.0 Å². The van der Waals surface area contributed by atoms with Gasteiger partial charge in [0.05, 0.1) is 16.8 Å². The predicted octanol–water partition coefficient (Wildman–Crippen LogP) is 1.16. The zero-order valence-corrected chi connectivity index (χ0v) is 12.6. The van der Waals surface area contributed by atoms with Gasteiger partial charge in [-0.3, -0.25) is 4.72 Å². The third-order valence-electron chi connectivity index (χ3n) is 3.18. The maximum absolute atomic E-state index is 12.6. The van der Waals surface area contributed by atoms with E-state index in [-0.39, 0.29) is 16.3 Å². The fourth-order valence-electron chi connectivity index (χ4n) is 2.05. The standard InChI is InChI=1S/C13H11N5O4S/c1-7-2-3-8(13(19)20)4-9(7)23(21,22)18-12-10-11(15-5-14-10)16-6-17-12/h2-6H,1H3,(H,19,20)(H2,14,15,16,17,18). The third-order valence-corrected chi connectivity index (χ3v) is 4.66. The number of anilines is 1. The van der Waals surface area contributed by atoms with Crippen molar-refractivity contribution in [1.29, 1.82) is 0 Å². The summed E-state index contributed by atoms with van der Waals surface area (Å²) in [5.74, 6) is -1.17. The number of hydrogen-bond donors (Lipinski definition) is 3. The lowest BCUT2D eigenvalue weighted by Crippen LogP contribution is -2.16. The van der Waals surface area contributed by atoms with Crippen LogP contribution in [0.15, 0.2) is 35.7 Å². The Morgan fingerprint density at radius 1 is 1.26 bits per heavy atom. The number of aromatic carboxylic acids is 1. The Hall–Kier alpha value is -3.01. The molecule has 23 heavy (non-hydrogen) atoms. The molecule has 3 aromatic rings. The fourth-order valence-corrected chi connectivity index (χ4v) is 3.34. The molecule has 0 bridgehead atoms. The molecular weight excluding hydrogens is 322 g/mol. The first-order valence-electron chi connectivity index (χ1n) is 6.39. The van der Waals surface area contributed by atoms with Crippen LogP contribution in [0.2, 0.25) is 0 Å². The van der Waals surface area contributed by atoms with Gasteiger partial charge in [0, 0.05) is 0 Å². The summed E-state index contributed by atoms with van der Waals surface area (Å²) in [6.45, 7) is 1.58. The zero-order chi connectivity index (χ0) is 16.6. The van der Waals surface area contributed by atoms with E-state index in [1.165, 1.54) is 24.8 Å². The molecule has 0 aliphatic heterocycles. The summed E-state index contributed by atoms with van der Waals surface area (Å²) in [7, 11) is -4.02. The second kappa shape index (κ2) is 5.32. The monoisotopic (exact) mass is 333 g/mol. The lowest BCUT2D eigenvalue weighted by molar-refractivity contribution is 0.0696. The summed E-state index contributed by atoms with van der Waals surface area (Å²) in [5.41, 5.74) is 0.944. The molecule has 0 aliphatic rings. The summed E-state index contributed by atoms with van der Waals surface area (Å²) in [5, 5.41) is 9.02. The van der Waals surface area contributed by atoms with Crippen molar-refractivity contribution in [1.82, 2.24) is 19.9 Å². The smallest absolute Gasteiger partial charge is 0.335 e. The number of carboxylic acid groups (broad SMARTS) is 1. The van der Waals surface area contributed by atoms with Gasteiger partial charge in [-0.1, -0.05) is 6.07 Å². The molecule has 0 saturated heterocycles. The number of sulfonamides is 1. The van der Waals surface area contributed by atoms with E-state index in [4.69, 9.17) is 5.11 Å². The van der Waals surface area contributed by atoms with Crippen LogP contribution in [-0.2, 0) is 10.0 Å². The van der Waals surface area contributed by atoms with E-state index >= 15 is 0 Å². The number of nitrogens with one attached hydrogen (secondary N) is 2. The van der Waals surface area contributed by atoms with Crippen LogP contribution in [0.1, 0.15) is 15.9 Å². The Morgan fingerprint density at radius 3 is 2.78 bits per heavy atom. The summed E-state index contributed by atoms with van der Waals surface area (Å²) in [6, 6.07) is 3.88. The van der Waals surface area contributed by atoms with Crippen LogP contribution < -0.4 is 4.72 Å². The number of benzene rings is 1. The zero-order valence-electron chi connectivity index (χ0n) is 11.8. The number of carbonyl (C=O) groups is 1. The van der Waals surface area contributed by atoms with Gasteiger partial charge >= 0.3 is 5.97 Å². The first kappa shape index (κ1) is 14.9. The Balaban J connectivity index is 2.07. The molecule has 3 rings (SSSR count). The molecule has 1 aromatic carbocycles. The number of aromatic nitrogens is 4. The quantitative estimate of drug-likeness (QED) is 0.651. The largest absolute Gasteiger partial charge is 0.478 e. The molecule has 9 nitrogen and oxygen atoms in total. The first-order chi connectivity index (χ1) is 10.9. The number of carboxylic acids is 1. The second-order valence-corrected chi connectivity index (χ2v) is 6.37. The number of aryl methyl sites for hydroxylation is 1. The number of rotatable bonds is 4. The highest BCUT2D eigenvalue weighted by atomic mass is 32.2. The van der Waals surface area contributed by atoms with Crippen molar-refractivity contribution < 1.29 is 18.3 Å². The van der Waals surface area contributed by atoms with Crippen LogP contribution in [-0.4, -0.2) is 39.4 Å². The molecule has 0 radical (unpaired) electrons. The molecule has 118 valence electrons. The SMILES string of the molecule is Cc1ccc(C(=O)O)cc1S(=O)(=O)Nc1ncnc2nc[nH]c12. The lowest BCUT2D eigenvalue weighted by Gasteiger charge is -2.10.